The van der Waals surface area contributed by atoms with E-state index in [1.807, 2.05) is 44.2 Å². The summed E-state index contributed by atoms with van der Waals surface area (Å²) < 4.78 is 0. The van der Waals surface area contributed by atoms with Gasteiger partial charge in [-0.15, -0.1) is 0 Å². The third-order valence-electron chi connectivity index (χ3n) is 4.89. The maximum Gasteiger partial charge on any atom is 0.246 e. The highest BCUT2D eigenvalue weighted by atomic mass is 35.5. The van der Waals surface area contributed by atoms with Gasteiger partial charge in [0.05, 0.1) is 0 Å². The van der Waals surface area contributed by atoms with Gasteiger partial charge < -0.3 is 15.5 Å². The molecule has 0 aromatic heterocycles. The second-order valence-corrected chi connectivity index (χ2v) is 7.27. The zero-order chi connectivity index (χ0) is 18.5. The van der Waals surface area contributed by atoms with E-state index in [4.69, 9.17) is 11.6 Å². The maximum absolute atomic E-state index is 12.5. The van der Waals surface area contributed by atoms with Gasteiger partial charge in [0.2, 0.25) is 5.91 Å². The van der Waals surface area contributed by atoms with Gasteiger partial charge in [0.15, 0.2) is 0 Å². The number of hydrogen-bond donors (Lipinski definition) is 2. The van der Waals surface area contributed by atoms with Crippen molar-refractivity contribution in [3.8, 4) is 0 Å². The standard InChI is InChI=1S/C21H26ClN3O/c1-15-19(22)7-6-8-20(15)24-21(26)16(2)23-17-9-11-18(12-10-17)25-13-4-3-5-14-25/h6-12,16,23H,3-5,13-14H2,1-2H3,(H,24,26)/t16-/m0/s1. The van der Waals surface area contributed by atoms with Crippen LogP contribution in [0.2, 0.25) is 5.02 Å². The largest absolute Gasteiger partial charge is 0.374 e. The summed E-state index contributed by atoms with van der Waals surface area (Å²) in [6.45, 7) is 6.01. The van der Waals surface area contributed by atoms with Gasteiger partial charge in [0.25, 0.3) is 0 Å². The van der Waals surface area contributed by atoms with Crippen LogP contribution >= 0.6 is 11.6 Å². The van der Waals surface area contributed by atoms with Crippen molar-refractivity contribution in [2.75, 3.05) is 28.6 Å². The second-order valence-electron chi connectivity index (χ2n) is 6.86. The molecule has 1 fully saturated rings. The van der Waals surface area contributed by atoms with Gasteiger partial charge in [-0.05, 0) is 75.1 Å². The van der Waals surface area contributed by atoms with Crippen molar-refractivity contribution in [1.29, 1.82) is 0 Å². The van der Waals surface area contributed by atoms with E-state index in [0.717, 1.165) is 30.0 Å². The molecule has 1 aliphatic rings. The molecule has 1 saturated heterocycles. The van der Waals surface area contributed by atoms with Crippen molar-refractivity contribution in [1.82, 2.24) is 0 Å². The van der Waals surface area contributed by atoms with Crippen molar-refractivity contribution < 1.29 is 4.79 Å². The lowest BCUT2D eigenvalue weighted by molar-refractivity contribution is -0.116. The number of amides is 1. The molecule has 0 unspecified atom stereocenters. The molecule has 1 aliphatic heterocycles. The zero-order valence-corrected chi connectivity index (χ0v) is 16.1. The monoisotopic (exact) mass is 371 g/mol. The number of carbonyl (C=O) groups is 1. The van der Waals surface area contributed by atoms with Crippen LogP contribution in [0.25, 0.3) is 0 Å². The van der Waals surface area contributed by atoms with E-state index in [1.54, 1.807) is 0 Å². The Balaban J connectivity index is 1.59. The highest BCUT2D eigenvalue weighted by Gasteiger charge is 2.15. The molecule has 2 N–H and O–H groups in total. The molecule has 1 amide bonds. The van der Waals surface area contributed by atoms with Crippen LogP contribution in [0.3, 0.4) is 0 Å². The molecule has 5 heteroatoms. The molecule has 0 bridgehead atoms. The van der Waals surface area contributed by atoms with Gasteiger partial charge in [-0.3, -0.25) is 4.79 Å². The van der Waals surface area contributed by atoms with E-state index in [1.165, 1.54) is 24.9 Å². The SMILES string of the molecule is Cc1c(Cl)cccc1NC(=O)[C@H](C)Nc1ccc(N2CCCCC2)cc1. The number of nitrogens with one attached hydrogen (secondary N) is 2. The first kappa shape index (κ1) is 18.6. The lowest BCUT2D eigenvalue weighted by atomic mass is 10.1. The van der Waals surface area contributed by atoms with E-state index in [-0.39, 0.29) is 11.9 Å². The van der Waals surface area contributed by atoms with Crippen LogP contribution in [0.15, 0.2) is 42.5 Å². The minimum Gasteiger partial charge on any atom is -0.374 e. The van der Waals surface area contributed by atoms with Crippen LogP contribution in [0, 0.1) is 6.92 Å². The fourth-order valence-corrected chi connectivity index (χ4v) is 3.39. The molecule has 1 heterocycles. The fourth-order valence-electron chi connectivity index (χ4n) is 3.22. The highest BCUT2D eigenvalue weighted by molar-refractivity contribution is 6.31. The summed E-state index contributed by atoms with van der Waals surface area (Å²) in [5, 5.41) is 6.85. The first-order valence-corrected chi connectivity index (χ1v) is 9.60. The van der Waals surface area contributed by atoms with Gasteiger partial charge in [-0.1, -0.05) is 17.7 Å². The quantitative estimate of drug-likeness (QED) is 0.770. The molecule has 0 spiro atoms. The van der Waals surface area contributed by atoms with Crippen molar-refractivity contribution in [2.24, 2.45) is 0 Å². The van der Waals surface area contributed by atoms with Crippen molar-refractivity contribution in [2.45, 2.75) is 39.2 Å². The molecule has 138 valence electrons. The van der Waals surface area contributed by atoms with Gasteiger partial charge >= 0.3 is 0 Å². The number of anilines is 3. The number of halogens is 1. The van der Waals surface area contributed by atoms with E-state index in [9.17, 15) is 4.79 Å². The minimum atomic E-state index is -0.353. The van der Waals surface area contributed by atoms with E-state index >= 15 is 0 Å². The van der Waals surface area contributed by atoms with Crippen LogP contribution in [-0.2, 0) is 4.79 Å². The minimum absolute atomic E-state index is 0.0875. The van der Waals surface area contributed by atoms with Crippen LogP contribution < -0.4 is 15.5 Å². The molecule has 4 nitrogen and oxygen atoms in total. The zero-order valence-electron chi connectivity index (χ0n) is 15.4. The highest BCUT2D eigenvalue weighted by Crippen LogP contribution is 2.24. The van der Waals surface area contributed by atoms with Crippen LogP contribution in [-0.4, -0.2) is 25.0 Å². The average molecular weight is 372 g/mol. The van der Waals surface area contributed by atoms with E-state index in [0.29, 0.717) is 5.02 Å². The Hall–Kier alpha value is -2.20. The normalized spacial score (nSPS) is 15.4. The third-order valence-corrected chi connectivity index (χ3v) is 5.30. The Morgan fingerprint density at radius 2 is 1.77 bits per heavy atom. The maximum atomic E-state index is 12.5. The predicted molar refractivity (Wildman–Crippen MR) is 110 cm³/mol. The number of piperidine rings is 1. The molecule has 1 atom stereocenters. The molecule has 0 radical (unpaired) electrons. The number of benzene rings is 2. The lowest BCUT2D eigenvalue weighted by Crippen LogP contribution is -2.32. The number of hydrogen-bond acceptors (Lipinski definition) is 3. The lowest BCUT2D eigenvalue weighted by Gasteiger charge is -2.29. The summed E-state index contributed by atoms with van der Waals surface area (Å²) in [5.74, 6) is -0.0875. The van der Waals surface area contributed by atoms with Gasteiger partial charge in [-0.2, -0.15) is 0 Å². The molecule has 26 heavy (non-hydrogen) atoms. The van der Waals surface area contributed by atoms with E-state index < -0.39 is 0 Å². The Morgan fingerprint density at radius 1 is 1.08 bits per heavy atom. The van der Waals surface area contributed by atoms with Crippen LogP contribution in [0.4, 0.5) is 17.1 Å². The van der Waals surface area contributed by atoms with Crippen molar-refractivity contribution >= 4 is 34.6 Å². The smallest absolute Gasteiger partial charge is 0.246 e. The third kappa shape index (κ3) is 4.50. The topological polar surface area (TPSA) is 44.4 Å². The molecule has 3 rings (SSSR count). The molecule has 0 saturated carbocycles. The summed E-state index contributed by atoms with van der Waals surface area (Å²) >= 11 is 6.11. The number of carbonyl (C=O) groups excluding carboxylic acids is 1. The summed E-state index contributed by atoms with van der Waals surface area (Å²) in [6.07, 6.45) is 3.86. The fraction of sp³-hybridized carbons (Fsp3) is 0.381. The molecule has 0 aliphatic carbocycles. The van der Waals surface area contributed by atoms with Crippen LogP contribution in [0.5, 0.6) is 0 Å². The summed E-state index contributed by atoms with van der Waals surface area (Å²) in [5.41, 5.74) is 3.82. The first-order chi connectivity index (χ1) is 12.5. The molecular formula is C21H26ClN3O. The second kappa shape index (κ2) is 8.45. The Morgan fingerprint density at radius 3 is 2.46 bits per heavy atom. The van der Waals surface area contributed by atoms with Gasteiger partial charge in [-0.25, -0.2) is 0 Å². The van der Waals surface area contributed by atoms with Crippen LogP contribution in [0.1, 0.15) is 31.7 Å². The van der Waals surface area contributed by atoms with Gasteiger partial charge in [0.1, 0.15) is 6.04 Å². The van der Waals surface area contributed by atoms with Crippen molar-refractivity contribution in [3.63, 3.8) is 0 Å². The number of nitrogens with zero attached hydrogens (tertiary/aromatic N) is 1. The van der Waals surface area contributed by atoms with Gasteiger partial charge in [0, 0.05) is 35.2 Å². The Bertz CT molecular complexity index is 754. The summed E-state index contributed by atoms with van der Waals surface area (Å²) in [6, 6.07) is 13.5. The molecule has 2 aromatic carbocycles. The summed E-state index contributed by atoms with van der Waals surface area (Å²) in [4.78, 5) is 14.9. The molecule has 2 aromatic rings. The Kier molecular flexibility index (Phi) is 6.04. The van der Waals surface area contributed by atoms with Crippen molar-refractivity contribution in [3.05, 3.63) is 53.1 Å². The first-order valence-electron chi connectivity index (χ1n) is 9.22. The predicted octanol–water partition coefficient (Wildman–Crippen LogP) is 5.08. The summed E-state index contributed by atoms with van der Waals surface area (Å²) in [7, 11) is 0. The molecular weight excluding hydrogens is 346 g/mol. The number of rotatable bonds is 5. The Labute approximate surface area is 160 Å². The van der Waals surface area contributed by atoms with E-state index in [2.05, 4.69) is 27.7 Å². The average Bonchev–Trinajstić information content (AvgIpc) is 2.66.